The van der Waals surface area contributed by atoms with E-state index >= 15 is 0 Å². The molecule has 1 amide bonds. The lowest BCUT2D eigenvalue weighted by molar-refractivity contribution is 0.0759. The van der Waals surface area contributed by atoms with Gasteiger partial charge in [-0.2, -0.15) is 0 Å². The summed E-state index contributed by atoms with van der Waals surface area (Å²) in [5.41, 5.74) is 3.76. The van der Waals surface area contributed by atoms with Crippen LogP contribution in [-0.4, -0.2) is 48.6 Å². The maximum atomic E-state index is 13.1. The molecule has 1 aliphatic heterocycles. The molecule has 0 aliphatic carbocycles. The number of aromatic nitrogens is 5. The summed E-state index contributed by atoms with van der Waals surface area (Å²) in [6.45, 7) is 3.95. The van der Waals surface area contributed by atoms with E-state index in [9.17, 15) is 4.79 Å². The Labute approximate surface area is 174 Å². The minimum absolute atomic E-state index is 0.0497. The van der Waals surface area contributed by atoms with Crippen LogP contribution in [0.4, 0.5) is 0 Å². The number of fused-ring (bicyclic) bond motifs is 2. The first kappa shape index (κ1) is 18.5. The van der Waals surface area contributed by atoms with Crippen LogP contribution in [-0.2, 0) is 25.8 Å². The molecule has 0 atom stereocenters. The molecule has 1 aliphatic rings. The summed E-state index contributed by atoms with van der Waals surface area (Å²) in [5.74, 6) is 2.87. The summed E-state index contributed by atoms with van der Waals surface area (Å²) in [4.78, 5) is 22.7. The molecule has 0 unspecified atom stereocenters. The third-order valence-corrected chi connectivity index (χ3v) is 5.72. The minimum atomic E-state index is 0.0497. The lowest BCUT2D eigenvalue weighted by Crippen LogP contribution is -2.33. The second-order valence-electron chi connectivity index (χ2n) is 7.77. The summed E-state index contributed by atoms with van der Waals surface area (Å²) in [7, 11) is 0. The number of rotatable bonds is 4. The number of benzene rings is 2. The molecule has 7 heteroatoms. The van der Waals surface area contributed by atoms with Crippen LogP contribution in [0.25, 0.3) is 11.0 Å². The Bertz CT molecular complexity index is 1190. The number of imidazole rings is 1. The van der Waals surface area contributed by atoms with E-state index in [0.29, 0.717) is 18.7 Å². The van der Waals surface area contributed by atoms with Crippen molar-refractivity contribution in [2.45, 2.75) is 32.7 Å². The minimum Gasteiger partial charge on any atom is -0.342 e. The van der Waals surface area contributed by atoms with Gasteiger partial charge in [-0.15, -0.1) is 10.2 Å². The predicted octanol–water partition coefficient (Wildman–Crippen LogP) is 2.95. The molecule has 2 aromatic carbocycles. The molecule has 2 aromatic heterocycles. The Balaban J connectivity index is 1.29. The highest BCUT2D eigenvalue weighted by atomic mass is 16.2. The van der Waals surface area contributed by atoms with Crippen LogP contribution in [0.1, 0.15) is 33.4 Å². The van der Waals surface area contributed by atoms with Crippen molar-refractivity contribution in [2.24, 2.45) is 0 Å². The normalized spacial score (nSPS) is 14.0. The lowest BCUT2D eigenvalue weighted by Gasteiger charge is -2.20. The maximum absolute atomic E-state index is 13.1. The van der Waals surface area contributed by atoms with Gasteiger partial charge in [0.25, 0.3) is 5.91 Å². The molecule has 5 rings (SSSR count). The van der Waals surface area contributed by atoms with Crippen LogP contribution in [0, 0.1) is 6.92 Å². The quantitative estimate of drug-likeness (QED) is 0.571. The molecule has 0 radical (unpaired) electrons. The van der Waals surface area contributed by atoms with Gasteiger partial charge in [0.1, 0.15) is 17.5 Å². The van der Waals surface area contributed by atoms with Gasteiger partial charge in [-0.05, 0) is 37.1 Å². The highest BCUT2D eigenvalue weighted by Gasteiger charge is 2.23. The van der Waals surface area contributed by atoms with E-state index in [1.807, 2.05) is 36.1 Å². The predicted molar refractivity (Wildman–Crippen MR) is 114 cm³/mol. The maximum Gasteiger partial charge on any atom is 0.254 e. The van der Waals surface area contributed by atoms with Crippen molar-refractivity contribution < 1.29 is 4.79 Å². The van der Waals surface area contributed by atoms with Gasteiger partial charge in [0, 0.05) is 38.0 Å². The summed E-state index contributed by atoms with van der Waals surface area (Å²) in [6.07, 6.45) is 2.50. The summed E-state index contributed by atoms with van der Waals surface area (Å²) >= 11 is 0. The number of hydrogen-bond acceptors (Lipinski definition) is 4. The fourth-order valence-corrected chi connectivity index (χ4v) is 4.12. The van der Waals surface area contributed by atoms with Gasteiger partial charge in [0.15, 0.2) is 0 Å². The summed E-state index contributed by atoms with van der Waals surface area (Å²) < 4.78 is 2.19. The molecule has 0 saturated heterocycles. The fraction of sp³-hybridized carbons (Fsp3) is 0.304. The van der Waals surface area contributed by atoms with E-state index in [2.05, 4.69) is 49.0 Å². The van der Waals surface area contributed by atoms with Crippen molar-refractivity contribution in [3.8, 4) is 0 Å². The molecule has 7 nitrogen and oxygen atoms in total. The Morgan fingerprint density at radius 2 is 1.90 bits per heavy atom. The average Bonchev–Trinajstić information content (AvgIpc) is 3.26. The van der Waals surface area contributed by atoms with E-state index in [-0.39, 0.29) is 5.91 Å². The van der Waals surface area contributed by atoms with Gasteiger partial charge >= 0.3 is 0 Å². The van der Waals surface area contributed by atoms with E-state index in [1.165, 1.54) is 5.56 Å². The second-order valence-corrected chi connectivity index (χ2v) is 7.77. The Hall–Kier alpha value is -3.48. The van der Waals surface area contributed by atoms with Gasteiger partial charge < -0.3 is 14.5 Å². The topological polar surface area (TPSA) is 79.7 Å². The number of hydrogen-bond donors (Lipinski definition) is 1. The highest BCUT2D eigenvalue weighted by Crippen LogP contribution is 2.17. The summed E-state index contributed by atoms with van der Waals surface area (Å²) in [5, 5.41) is 8.82. The number of nitrogens with zero attached hydrogens (tertiary/aromatic N) is 5. The van der Waals surface area contributed by atoms with E-state index in [1.54, 1.807) is 0 Å². The van der Waals surface area contributed by atoms with E-state index in [4.69, 9.17) is 0 Å². The van der Waals surface area contributed by atoms with Crippen molar-refractivity contribution in [3.05, 3.63) is 77.1 Å². The molecule has 4 aromatic rings. The number of nitrogens with one attached hydrogen (secondary N) is 1. The van der Waals surface area contributed by atoms with Gasteiger partial charge in [-0.1, -0.05) is 30.3 Å². The number of aromatic amines is 1. The van der Waals surface area contributed by atoms with Gasteiger partial charge in [0.2, 0.25) is 0 Å². The monoisotopic (exact) mass is 400 g/mol. The van der Waals surface area contributed by atoms with Crippen molar-refractivity contribution in [3.63, 3.8) is 0 Å². The van der Waals surface area contributed by atoms with Crippen LogP contribution >= 0.6 is 0 Å². The SMILES string of the molecule is Cc1nc2ccc(C(=O)N3CCc4nnc(CCc5ccccc5)n4CC3)cc2[nH]1. The van der Waals surface area contributed by atoms with Crippen molar-refractivity contribution in [1.29, 1.82) is 0 Å². The number of aryl methyl sites for hydroxylation is 3. The van der Waals surface area contributed by atoms with Gasteiger partial charge in [0.05, 0.1) is 11.0 Å². The Morgan fingerprint density at radius 3 is 2.77 bits per heavy atom. The number of carbonyl (C=O) groups is 1. The molecule has 0 saturated carbocycles. The molecule has 0 bridgehead atoms. The zero-order chi connectivity index (χ0) is 20.5. The Kier molecular flexibility index (Phi) is 4.78. The lowest BCUT2D eigenvalue weighted by atomic mass is 10.1. The third-order valence-electron chi connectivity index (χ3n) is 5.72. The van der Waals surface area contributed by atoms with Crippen LogP contribution in [0.2, 0.25) is 0 Å². The average molecular weight is 400 g/mol. The Morgan fingerprint density at radius 1 is 1.03 bits per heavy atom. The summed E-state index contributed by atoms with van der Waals surface area (Å²) in [6, 6.07) is 16.1. The first-order chi connectivity index (χ1) is 14.7. The smallest absolute Gasteiger partial charge is 0.254 e. The van der Waals surface area contributed by atoms with E-state index in [0.717, 1.165) is 54.3 Å². The number of amides is 1. The zero-order valence-electron chi connectivity index (χ0n) is 17.0. The second kappa shape index (κ2) is 7.74. The largest absolute Gasteiger partial charge is 0.342 e. The molecule has 0 fully saturated rings. The number of H-pyrrole nitrogens is 1. The molecule has 0 spiro atoms. The number of carbonyl (C=O) groups excluding carboxylic acids is 1. The van der Waals surface area contributed by atoms with Crippen molar-refractivity contribution in [2.75, 3.05) is 13.1 Å². The van der Waals surface area contributed by atoms with Crippen molar-refractivity contribution >= 4 is 16.9 Å². The zero-order valence-corrected chi connectivity index (χ0v) is 17.0. The first-order valence-electron chi connectivity index (χ1n) is 10.4. The van der Waals surface area contributed by atoms with Crippen LogP contribution in [0.5, 0.6) is 0 Å². The molecule has 3 heterocycles. The highest BCUT2D eigenvalue weighted by molar-refractivity contribution is 5.97. The van der Waals surface area contributed by atoms with Crippen LogP contribution < -0.4 is 0 Å². The van der Waals surface area contributed by atoms with Crippen LogP contribution in [0.15, 0.2) is 48.5 Å². The van der Waals surface area contributed by atoms with E-state index < -0.39 is 0 Å². The van der Waals surface area contributed by atoms with Gasteiger partial charge in [-0.25, -0.2) is 4.98 Å². The first-order valence-corrected chi connectivity index (χ1v) is 10.4. The molecular weight excluding hydrogens is 376 g/mol. The van der Waals surface area contributed by atoms with Crippen molar-refractivity contribution in [1.82, 2.24) is 29.6 Å². The third kappa shape index (κ3) is 3.58. The van der Waals surface area contributed by atoms with Crippen LogP contribution in [0.3, 0.4) is 0 Å². The molecular formula is C23H24N6O. The fourth-order valence-electron chi connectivity index (χ4n) is 4.12. The molecule has 30 heavy (non-hydrogen) atoms. The molecule has 152 valence electrons. The van der Waals surface area contributed by atoms with Gasteiger partial charge in [-0.3, -0.25) is 4.79 Å². The molecule has 1 N–H and O–H groups in total. The standard InChI is InChI=1S/C23H24N6O/c1-16-24-19-9-8-18(15-20(19)25-16)23(30)28-12-11-22-27-26-21(29(22)14-13-28)10-7-17-5-3-2-4-6-17/h2-6,8-9,15H,7,10-14H2,1H3,(H,24,25).